The van der Waals surface area contributed by atoms with Crippen LogP contribution in [0, 0.1) is 12.7 Å². The molecule has 3 aromatic rings. The van der Waals surface area contributed by atoms with E-state index in [-0.39, 0.29) is 23.1 Å². The highest BCUT2D eigenvalue weighted by molar-refractivity contribution is 6.06. The number of nitrogens with zero attached hydrogens (tertiary/aromatic N) is 3. The number of nitrogens with one attached hydrogen (secondary N) is 2. The number of para-hydroxylation sites is 1. The summed E-state index contributed by atoms with van der Waals surface area (Å²) in [6.07, 6.45) is 0. The molecule has 1 amide bonds. The van der Waals surface area contributed by atoms with Crippen LogP contribution >= 0.6 is 0 Å². The summed E-state index contributed by atoms with van der Waals surface area (Å²) in [7, 11) is 0. The molecule has 28 heavy (non-hydrogen) atoms. The Morgan fingerprint density at radius 3 is 2.54 bits per heavy atom. The average Bonchev–Trinajstić information content (AvgIpc) is 2.70. The first kappa shape index (κ1) is 17.9. The minimum atomic E-state index is -0.890. The van der Waals surface area contributed by atoms with Crippen LogP contribution in [0.3, 0.4) is 0 Å². The van der Waals surface area contributed by atoms with Gasteiger partial charge in [-0.2, -0.15) is 4.39 Å². The zero-order valence-electron chi connectivity index (χ0n) is 15.2. The van der Waals surface area contributed by atoms with Crippen LogP contribution in [0.5, 0.6) is 0 Å². The van der Waals surface area contributed by atoms with E-state index in [0.717, 1.165) is 0 Å². The molecular weight excluding hydrogens is 365 g/mol. The van der Waals surface area contributed by atoms with Gasteiger partial charge in [0.25, 0.3) is 11.5 Å². The van der Waals surface area contributed by atoms with Crippen LogP contribution in [0.2, 0.25) is 0 Å². The van der Waals surface area contributed by atoms with Crippen molar-refractivity contribution in [1.82, 2.24) is 19.9 Å². The maximum atomic E-state index is 13.5. The van der Waals surface area contributed by atoms with Gasteiger partial charge in [0.1, 0.15) is 0 Å². The molecule has 0 bridgehead atoms. The number of amides is 1. The van der Waals surface area contributed by atoms with Crippen LogP contribution in [0.4, 0.5) is 10.3 Å². The van der Waals surface area contributed by atoms with Crippen LogP contribution in [0.25, 0.3) is 10.9 Å². The van der Waals surface area contributed by atoms with Gasteiger partial charge in [-0.25, -0.2) is 4.98 Å². The minimum absolute atomic E-state index is 0.0345. The lowest BCUT2D eigenvalue weighted by Gasteiger charge is -2.35. The van der Waals surface area contributed by atoms with Gasteiger partial charge >= 0.3 is 0 Å². The smallest absolute Gasteiger partial charge is 0.288 e. The highest BCUT2D eigenvalue weighted by Gasteiger charge is 2.25. The quantitative estimate of drug-likeness (QED) is 0.688. The summed E-state index contributed by atoms with van der Waals surface area (Å²) in [6, 6.07) is 8.48. The third-order valence-electron chi connectivity index (χ3n) is 4.86. The van der Waals surface area contributed by atoms with Gasteiger partial charge in [0.15, 0.2) is 0 Å². The van der Waals surface area contributed by atoms with E-state index in [2.05, 4.69) is 15.0 Å². The van der Waals surface area contributed by atoms with Gasteiger partial charge in [-0.3, -0.25) is 19.4 Å². The number of rotatable bonds is 2. The predicted molar refractivity (Wildman–Crippen MR) is 102 cm³/mol. The van der Waals surface area contributed by atoms with Crippen molar-refractivity contribution in [3.63, 3.8) is 0 Å². The number of carbonyl (C=O) groups is 1. The van der Waals surface area contributed by atoms with Gasteiger partial charge in [0.2, 0.25) is 17.3 Å². The number of halogens is 1. The number of carbonyl (C=O) groups excluding carboxylic acids is 1. The number of H-pyrrole nitrogens is 2. The van der Waals surface area contributed by atoms with E-state index in [9.17, 15) is 18.8 Å². The van der Waals surface area contributed by atoms with E-state index in [4.69, 9.17) is 0 Å². The van der Waals surface area contributed by atoms with E-state index in [1.165, 1.54) is 13.0 Å². The van der Waals surface area contributed by atoms with Crippen LogP contribution in [-0.4, -0.2) is 51.9 Å². The third-order valence-corrected chi connectivity index (χ3v) is 4.86. The first-order valence-electron chi connectivity index (χ1n) is 8.87. The summed E-state index contributed by atoms with van der Waals surface area (Å²) in [5, 5.41) is 0.690. The highest BCUT2D eigenvalue weighted by atomic mass is 19.1. The van der Waals surface area contributed by atoms with Gasteiger partial charge < -0.3 is 14.8 Å². The fourth-order valence-electron chi connectivity index (χ4n) is 3.38. The number of pyridine rings is 1. The molecule has 0 atom stereocenters. The largest absolute Gasteiger partial charge is 0.339 e. The Morgan fingerprint density at radius 1 is 1.11 bits per heavy atom. The van der Waals surface area contributed by atoms with Crippen molar-refractivity contribution >= 4 is 22.8 Å². The predicted octanol–water partition coefficient (Wildman–Crippen LogP) is 1.02. The standard InChI is InChI=1S/C19H18FN5O3/c1-11-16(20)17(27)23-19(21-11)25-8-6-24(7-9-25)18(28)13-10-15(26)22-14-5-3-2-4-12(13)14/h2-5,10H,6-9H2,1H3,(H,22,26)(H,21,23,27). The Labute approximate surface area is 158 Å². The molecule has 4 rings (SSSR count). The Balaban J connectivity index is 1.55. The summed E-state index contributed by atoms with van der Waals surface area (Å²) in [5.41, 5.74) is -0.134. The van der Waals surface area contributed by atoms with Gasteiger partial charge in [0.05, 0.1) is 11.3 Å². The number of hydrogen-bond donors (Lipinski definition) is 2. The molecule has 0 spiro atoms. The molecule has 1 saturated heterocycles. The lowest BCUT2D eigenvalue weighted by atomic mass is 10.1. The van der Waals surface area contributed by atoms with Crippen molar-refractivity contribution in [3.8, 4) is 0 Å². The van der Waals surface area contributed by atoms with E-state index in [1.807, 2.05) is 6.07 Å². The molecule has 9 heteroatoms. The third kappa shape index (κ3) is 3.15. The average molecular weight is 383 g/mol. The molecule has 2 N–H and O–H groups in total. The number of aryl methyl sites for hydroxylation is 1. The van der Waals surface area contributed by atoms with E-state index >= 15 is 0 Å². The van der Waals surface area contributed by atoms with Crippen molar-refractivity contribution in [1.29, 1.82) is 0 Å². The molecule has 3 heterocycles. The summed E-state index contributed by atoms with van der Waals surface area (Å²) < 4.78 is 13.5. The monoisotopic (exact) mass is 383 g/mol. The summed E-state index contributed by atoms with van der Waals surface area (Å²) >= 11 is 0. The number of piperazine rings is 1. The molecule has 2 aromatic heterocycles. The second kappa shape index (κ2) is 6.91. The summed E-state index contributed by atoms with van der Waals surface area (Å²) in [5.74, 6) is -0.824. The second-order valence-corrected chi connectivity index (χ2v) is 6.66. The molecule has 0 saturated carbocycles. The topological polar surface area (TPSA) is 102 Å². The fraction of sp³-hybridized carbons (Fsp3) is 0.263. The van der Waals surface area contributed by atoms with Gasteiger partial charge in [-0.1, -0.05) is 18.2 Å². The Kier molecular flexibility index (Phi) is 4.42. The Bertz CT molecular complexity index is 1180. The fourth-order valence-corrected chi connectivity index (χ4v) is 3.38. The van der Waals surface area contributed by atoms with Gasteiger partial charge in [0, 0.05) is 43.1 Å². The van der Waals surface area contributed by atoms with Crippen LogP contribution in [-0.2, 0) is 0 Å². The molecular formula is C19H18FN5O3. The van der Waals surface area contributed by atoms with Crippen molar-refractivity contribution in [2.45, 2.75) is 6.92 Å². The first-order valence-corrected chi connectivity index (χ1v) is 8.87. The second-order valence-electron chi connectivity index (χ2n) is 6.66. The first-order chi connectivity index (χ1) is 13.4. The molecule has 1 aliphatic heterocycles. The lowest BCUT2D eigenvalue weighted by molar-refractivity contribution is 0.0748. The van der Waals surface area contributed by atoms with E-state index < -0.39 is 11.4 Å². The molecule has 0 aliphatic carbocycles. The summed E-state index contributed by atoms with van der Waals surface area (Å²) in [6.45, 7) is 3.08. The highest BCUT2D eigenvalue weighted by Crippen LogP contribution is 2.18. The van der Waals surface area contributed by atoms with Crippen molar-refractivity contribution < 1.29 is 9.18 Å². The number of anilines is 1. The molecule has 0 radical (unpaired) electrons. The molecule has 144 valence electrons. The zero-order chi connectivity index (χ0) is 19.8. The number of fused-ring (bicyclic) bond motifs is 1. The summed E-state index contributed by atoms with van der Waals surface area (Å²) in [4.78, 5) is 49.2. The van der Waals surface area contributed by atoms with Crippen LogP contribution < -0.4 is 16.0 Å². The van der Waals surface area contributed by atoms with Crippen molar-refractivity contribution in [2.75, 3.05) is 31.1 Å². The van der Waals surface area contributed by atoms with Gasteiger partial charge in [-0.05, 0) is 13.0 Å². The SMILES string of the molecule is Cc1nc(N2CCN(C(=O)c3cc(=O)[nH]c4ccccc34)CC2)[nH]c(=O)c1F. The maximum absolute atomic E-state index is 13.5. The molecule has 1 aliphatic rings. The molecule has 0 unspecified atom stereocenters. The lowest BCUT2D eigenvalue weighted by Crippen LogP contribution is -2.49. The van der Waals surface area contributed by atoms with Crippen LogP contribution in [0.1, 0.15) is 16.1 Å². The van der Waals surface area contributed by atoms with Crippen LogP contribution in [0.15, 0.2) is 39.9 Å². The normalized spacial score (nSPS) is 14.5. The molecule has 1 aromatic carbocycles. The number of aromatic amines is 2. The van der Waals surface area contributed by atoms with E-state index in [1.54, 1.807) is 28.0 Å². The molecule has 1 fully saturated rings. The number of benzene rings is 1. The minimum Gasteiger partial charge on any atom is -0.339 e. The number of aromatic nitrogens is 3. The zero-order valence-corrected chi connectivity index (χ0v) is 15.2. The van der Waals surface area contributed by atoms with Gasteiger partial charge in [-0.15, -0.1) is 0 Å². The Morgan fingerprint density at radius 2 is 1.82 bits per heavy atom. The Hall–Kier alpha value is -3.49. The van der Waals surface area contributed by atoms with Crippen molar-refractivity contribution in [2.24, 2.45) is 0 Å². The van der Waals surface area contributed by atoms with E-state index in [0.29, 0.717) is 42.6 Å². The maximum Gasteiger partial charge on any atom is 0.288 e. The van der Waals surface area contributed by atoms with Crippen molar-refractivity contribution in [3.05, 3.63) is 68.1 Å². The number of hydrogen-bond acceptors (Lipinski definition) is 5. The molecule has 8 nitrogen and oxygen atoms in total.